The minimum Gasteiger partial charge on any atom is -0.399 e. The van der Waals surface area contributed by atoms with Gasteiger partial charge < -0.3 is 10.5 Å². The first-order valence-electron chi connectivity index (χ1n) is 4.64. The van der Waals surface area contributed by atoms with Crippen molar-refractivity contribution in [3.8, 4) is 11.8 Å². The summed E-state index contributed by atoms with van der Waals surface area (Å²) >= 11 is 0. The fraction of sp³-hybridized carbons (Fsp3) is 0.333. The van der Waals surface area contributed by atoms with Gasteiger partial charge in [-0.3, -0.25) is 0 Å². The normalized spacial score (nSPS) is 9.21. The largest absolute Gasteiger partial charge is 0.399 e. The predicted molar refractivity (Wildman–Crippen MR) is 58.6 cm³/mol. The van der Waals surface area contributed by atoms with Gasteiger partial charge in [0.1, 0.15) is 0 Å². The average molecular weight is 189 g/mol. The second kappa shape index (κ2) is 6.06. The van der Waals surface area contributed by atoms with E-state index in [1.54, 1.807) is 0 Å². The van der Waals surface area contributed by atoms with E-state index < -0.39 is 0 Å². The summed E-state index contributed by atoms with van der Waals surface area (Å²) in [7, 11) is 0. The molecule has 14 heavy (non-hydrogen) atoms. The van der Waals surface area contributed by atoms with Crippen LogP contribution in [0.4, 0.5) is 5.69 Å². The van der Waals surface area contributed by atoms with Crippen LogP contribution in [0.15, 0.2) is 24.3 Å². The van der Waals surface area contributed by atoms with Crippen LogP contribution in [0.5, 0.6) is 0 Å². The summed E-state index contributed by atoms with van der Waals surface area (Å²) in [5.74, 6) is 5.78. The average Bonchev–Trinajstić information content (AvgIpc) is 2.21. The highest BCUT2D eigenvalue weighted by Gasteiger charge is 1.91. The third-order valence-electron chi connectivity index (χ3n) is 1.80. The predicted octanol–water partition coefficient (Wildman–Crippen LogP) is 2.20. The molecule has 0 fully saturated rings. The van der Waals surface area contributed by atoms with Crippen molar-refractivity contribution in [3.05, 3.63) is 29.8 Å². The van der Waals surface area contributed by atoms with Gasteiger partial charge in [-0.25, -0.2) is 0 Å². The van der Waals surface area contributed by atoms with Gasteiger partial charge in [0.2, 0.25) is 0 Å². The SMILES string of the molecule is CC#CCCOCc1ccc(N)cc1. The van der Waals surface area contributed by atoms with Crippen LogP contribution < -0.4 is 5.73 Å². The Bertz CT molecular complexity index is 318. The fourth-order valence-corrected chi connectivity index (χ4v) is 1.05. The number of benzene rings is 1. The minimum atomic E-state index is 0.631. The molecule has 0 aromatic heterocycles. The number of nitrogens with two attached hydrogens (primary N) is 1. The first-order valence-corrected chi connectivity index (χ1v) is 4.64. The number of rotatable bonds is 4. The van der Waals surface area contributed by atoms with E-state index in [0.29, 0.717) is 13.2 Å². The maximum Gasteiger partial charge on any atom is 0.0717 e. The zero-order chi connectivity index (χ0) is 10.2. The number of hydrogen-bond acceptors (Lipinski definition) is 2. The molecule has 0 saturated carbocycles. The summed E-state index contributed by atoms with van der Waals surface area (Å²) < 4.78 is 5.42. The first kappa shape index (κ1) is 10.6. The van der Waals surface area contributed by atoms with E-state index >= 15 is 0 Å². The van der Waals surface area contributed by atoms with Gasteiger partial charge in [-0.05, 0) is 24.6 Å². The highest BCUT2D eigenvalue weighted by molar-refractivity contribution is 5.39. The van der Waals surface area contributed by atoms with Crippen molar-refractivity contribution < 1.29 is 4.74 Å². The van der Waals surface area contributed by atoms with E-state index in [4.69, 9.17) is 10.5 Å². The molecule has 2 heteroatoms. The van der Waals surface area contributed by atoms with Gasteiger partial charge >= 0.3 is 0 Å². The van der Waals surface area contributed by atoms with Gasteiger partial charge in [0.15, 0.2) is 0 Å². The molecule has 0 atom stereocenters. The molecule has 1 rings (SSSR count). The lowest BCUT2D eigenvalue weighted by molar-refractivity contribution is 0.126. The lowest BCUT2D eigenvalue weighted by atomic mass is 10.2. The maximum atomic E-state index is 5.56. The summed E-state index contributed by atoms with van der Waals surface area (Å²) in [6, 6.07) is 7.71. The van der Waals surface area contributed by atoms with E-state index in [1.165, 1.54) is 0 Å². The van der Waals surface area contributed by atoms with E-state index in [1.807, 2.05) is 31.2 Å². The standard InChI is InChI=1S/C12H15NO/c1-2-3-4-9-14-10-11-5-7-12(13)8-6-11/h5-8H,4,9-10,13H2,1H3. The van der Waals surface area contributed by atoms with Gasteiger partial charge in [0.25, 0.3) is 0 Å². The smallest absolute Gasteiger partial charge is 0.0717 e. The second-order valence-corrected chi connectivity index (χ2v) is 2.97. The summed E-state index contributed by atoms with van der Waals surface area (Å²) in [5, 5.41) is 0. The van der Waals surface area contributed by atoms with Crippen LogP contribution >= 0.6 is 0 Å². The molecule has 0 heterocycles. The van der Waals surface area contributed by atoms with E-state index in [2.05, 4.69) is 11.8 Å². The molecule has 0 aliphatic carbocycles. The van der Waals surface area contributed by atoms with E-state index in [-0.39, 0.29) is 0 Å². The molecule has 74 valence electrons. The van der Waals surface area contributed by atoms with Crippen molar-refractivity contribution in [3.63, 3.8) is 0 Å². The van der Waals surface area contributed by atoms with Crippen molar-refractivity contribution in [1.82, 2.24) is 0 Å². The Balaban J connectivity index is 2.23. The van der Waals surface area contributed by atoms with Crippen LogP contribution in [0, 0.1) is 11.8 Å². The Morgan fingerprint density at radius 3 is 2.64 bits per heavy atom. The highest BCUT2D eigenvalue weighted by Crippen LogP contribution is 2.06. The summed E-state index contributed by atoms with van der Waals surface area (Å²) in [5.41, 5.74) is 7.49. The summed E-state index contributed by atoms with van der Waals surface area (Å²) in [4.78, 5) is 0. The van der Waals surface area contributed by atoms with Gasteiger partial charge in [-0.2, -0.15) is 0 Å². The fourth-order valence-electron chi connectivity index (χ4n) is 1.05. The lowest BCUT2D eigenvalue weighted by Crippen LogP contribution is -1.94. The van der Waals surface area contributed by atoms with Crippen LogP contribution in [0.3, 0.4) is 0 Å². The number of nitrogen functional groups attached to an aromatic ring is 1. The Labute approximate surface area is 85.1 Å². The first-order chi connectivity index (χ1) is 6.83. The molecule has 0 radical (unpaired) electrons. The molecule has 2 nitrogen and oxygen atoms in total. The van der Waals surface area contributed by atoms with Crippen LogP contribution in [-0.4, -0.2) is 6.61 Å². The van der Waals surface area contributed by atoms with Crippen molar-refractivity contribution in [2.75, 3.05) is 12.3 Å². The maximum absolute atomic E-state index is 5.56. The molecule has 1 aromatic rings. The summed E-state index contributed by atoms with van der Waals surface area (Å²) in [6.07, 6.45) is 0.797. The minimum absolute atomic E-state index is 0.631. The zero-order valence-electron chi connectivity index (χ0n) is 8.42. The van der Waals surface area contributed by atoms with Crippen molar-refractivity contribution in [1.29, 1.82) is 0 Å². The van der Waals surface area contributed by atoms with Crippen molar-refractivity contribution in [2.45, 2.75) is 20.0 Å². The molecule has 2 N–H and O–H groups in total. The molecule has 0 aliphatic heterocycles. The molecular weight excluding hydrogens is 174 g/mol. The molecule has 0 saturated heterocycles. The molecule has 1 aromatic carbocycles. The molecule has 0 spiro atoms. The Morgan fingerprint density at radius 2 is 2.00 bits per heavy atom. The lowest BCUT2D eigenvalue weighted by Gasteiger charge is -2.02. The quantitative estimate of drug-likeness (QED) is 0.447. The highest BCUT2D eigenvalue weighted by atomic mass is 16.5. The molecular formula is C12H15NO. The van der Waals surface area contributed by atoms with Crippen molar-refractivity contribution in [2.24, 2.45) is 0 Å². The Morgan fingerprint density at radius 1 is 1.29 bits per heavy atom. The summed E-state index contributed by atoms with van der Waals surface area (Å²) in [6.45, 7) is 3.15. The molecule has 0 unspecified atom stereocenters. The Hall–Kier alpha value is -1.46. The zero-order valence-corrected chi connectivity index (χ0v) is 8.42. The van der Waals surface area contributed by atoms with Crippen molar-refractivity contribution >= 4 is 5.69 Å². The van der Waals surface area contributed by atoms with Gasteiger partial charge in [0, 0.05) is 12.1 Å². The second-order valence-electron chi connectivity index (χ2n) is 2.97. The third kappa shape index (κ3) is 3.97. The van der Waals surface area contributed by atoms with E-state index in [0.717, 1.165) is 17.7 Å². The molecule has 0 amide bonds. The van der Waals surface area contributed by atoms with Crippen LogP contribution in [-0.2, 0) is 11.3 Å². The molecule has 0 aliphatic rings. The number of hydrogen-bond donors (Lipinski definition) is 1. The number of anilines is 1. The monoisotopic (exact) mass is 189 g/mol. The van der Waals surface area contributed by atoms with Crippen LogP contribution in [0.25, 0.3) is 0 Å². The van der Waals surface area contributed by atoms with Gasteiger partial charge in [-0.1, -0.05) is 12.1 Å². The topological polar surface area (TPSA) is 35.2 Å². The third-order valence-corrected chi connectivity index (χ3v) is 1.80. The van der Waals surface area contributed by atoms with Gasteiger partial charge in [-0.15, -0.1) is 11.8 Å². The number of ether oxygens (including phenoxy) is 1. The molecule has 0 bridgehead atoms. The Kier molecular flexibility index (Phi) is 4.60. The van der Waals surface area contributed by atoms with E-state index in [9.17, 15) is 0 Å². The van der Waals surface area contributed by atoms with Crippen LogP contribution in [0.1, 0.15) is 18.9 Å². The van der Waals surface area contributed by atoms with Crippen LogP contribution in [0.2, 0.25) is 0 Å². The van der Waals surface area contributed by atoms with Gasteiger partial charge in [0.05, 0.1) is 13.2 Å².